The average molecular weight is 421 g/mol. The fourth-order valence-electron chi connectivity index (χ4n) is 3.94. The number of amides is 2. The molecule has 5 nitrogen and oxygen atoms in total. The number of benzene rings is 2. The lowest BCUT2D eigenvalue weighted by molar-refractivity contribution is -0.125. The van der Waals surface area contributed by atoms with Gasteiger partial charge in [0.25, 0.3) is 0 Å². The van der Waals surface area contributed by atoms with E-state index in [0.717, 1.165) is 16.1 Å². The monoisotopic (exact) mass is 420 g/mol. The lowest BCUT2D eigenvalue weighted by atomic mass is 9.86. The Hall–Kier alpha value is -3.12. The fraction of sp³-hybridized carbons (Fsp3) is 0.250. The molecule has 0 saturated carbocycles. The van der Waals surface area contributed by atoms with Gasteiger partial charge in [-0.05, 0) is 49.1 Å². The number of hydrogen-bond acceptors (Lipinski definition) is 4. The van der Waals surface area contributed by atoms with Crippen molar-refractivity contribution in [2.24, 2.45) is 5.92 Å². The normalized spacial score (nSPS) is 18.9. The minimum absolute atomic E-state index is 0.0404. The number of nitrogens with zero attached hydrogens (tertiary/aromatic N) is 1. The van der Waals surface area contributed by atoms with E-state index in [9.17, 15) is 9.59 Å². The molecule has 154 valence electrons. The van der Waals surface area contributed by atoms with Crippen molar-refractivity contribution < 1.29 is 14.3 Å². The predicted octanol–water partition coefficient (Wildman–Crippen LogP) is 5.19. The molecule has 1 aliphatic rings. The molecule has 30 heavy (non-hydrogen) atoms. The third-order valence-electron chi connectivity index (χ3n) is 5.45. The molecule has 0 bridgehead atoms. The third-order valence-corrected chi connectivity index (χ3v) is 6.39. The van der Waals surface area contributed by atoms with Crippen LogP contribution in [0.1, 0.15) is 29.3 Å². The van der Waals surface area contributed by atoms with E-state index in [2.05, 4.69) is 5.32 Å². The quantitative estimate of drug-likeness (QED) is 0.618. The van der Waals surface area contributed by atoms with Crippen molar-refractivity contribution in [1.82, 2.24) is 0 Å². The van der Waals surface area contributed by atoms with Crippen LogP contribution in [0, 0.1) is 12.8 Å². The highest BCUT2D eigenvalue weighted by atomic mass is 32.1. The number of carbonyl (C=O) groups excluding carboxylic acids is 2. The minimum Gasteiger partial charge on any atom is -0.495 e. The van der Waals surface area contributed by atoms with Gasteiger partial charge in [-0.15, -0.1) is 11.3 Å². The second-order valence-corrected chi connectivity index (χ2v) is 8.37. The van der Waals surface area contributed by atoms with Gasteiger partial charge in [-0.25, -0.2) is 0 Å². The summed E-state index contributed by atoms with van der Waals surface area (Å²) in [5, 5.41) is 5.00. The predicted molar refractivity (Wildman–Crippen MR) is 120 cm³/mol. The first-order valence-corrected chi connectivity index (χ1v) is 10.8. The number of thiophene rings is 1. The molecule has 2 unspecified atom stereocenters. The number of para-hydroxylation sites is 2. The molecule has 2 amide bonds. The van der Waals surface area contributed by atoms with Gasteiger partial charge >= 0.3 is 0 Å². The van der Waals surface area contributed by atoms with Crippen molar-refractivity contribution >= 4 is 34.5 Å². The largest absolute Gasteiger partial charge is 0.495 e. The first kappa shape index (κ1) is 20.2. The molecule has 2 heterocycles. The Bertz CT molecular complexity index is 1030. The molecule has 1 fully saturated rings. The van der Waals surface area contributed by atoms with E-state index in [1.165, 1.54) is 0 Å². The van der Waals surface area contributed by atoms with Crippen molar-refractivity contribution in [2.45, 2.75) is 25.8 Å². The van der Waals surface area contributed by atoms with Crippen molar-refractivity contribution in [1.29, 1.82) is 0 Å². The van der Waals surface area contributed by atoms with Gasteiger partial charge < -0.3 is 15.0 Å². The number of methoxy groups -OCH3 is 1. The van der Waals surface area contributed by atoms with Gasteiger partial charge in [-0.1, -0.05) is 35.9 Å². The first-order chi connectivity index (χ1) is 14.6. The van der Waals surface area contributed by atoms with Crippen LogP contribution in [0.2, 0.25) is 0 Å². The van der Waals surface area contributed by atoms with Crippen molar-refractivity contribution in [3.63, 3.8) is 0 Å². The van der Waals surface area contributed by atoms with E-state index < -0.39 is 0 Å². The van der Waals surface area contributed by atoms with Gasteiger partial charge in [-0.2, -0.15) is 0 Å². The van der Waals surface area contributed by atoms with E-state index >= 15 is 0 Å². The maximum absolute atomic E-state index is 13.4. The van der Waals surface area contributed by atoms with E-state index in [-0.39, 0.29) is 23.8 Å². The van der Waals surface area contributed by atoms with E-state index in [1.54, 1.807) is 23.3 Å². The highest BCUT2D eigenvalue weighted by Gasteiger charge is 2.42. The first-order valence-electron chi connectivity index (χ1n) is 9.94. The molecule has 1 aliphatic heterocycles. The highest BCUT2D eigenvalue weighted by molar-refractivity contribution is 7.10. The summed E-state index contributed by atoms with van der Waals surface area (Å²) in [6.45, 7) is 2.02. The number of rotatable bonds is 5. The lowest BCUT2D eigenvalue weighted by Gasteiger charge is -2.40. The Balaban J connectivity index is 1.70. The van der Waals surface area contributed by atoms with Gasteiger partial charge in [-0.3, -0.25) is 9.59 Å². The number of hydrogen-bond donors (Lipinski definition) is 1. The molecule has 2 atom stereocenters. The smallest absolute Gasteiger partial charge is 0.230 e. The van der Waals surface area contributed by atoms with Crippen molar-refractivity contribution in [3.05, 3.63) is 76.5 Å². The maximum Gasteiger partial charge on any atom is 0.230 e. The van der Waals surface area contributed by atoms with E-state index in [4.69, 9.17) is 4.74 Å². The van der Waals surface area contributed by atoms with Crippen LogP contribution in [0.3, 0.4) is 0 Å². The summed E-state index contributed by atoms with van der Waals surface area (Å²) in [6, 6.07) is 18.9. The van der Waals surface area contributed by atoms with Crippen LogP contribution in [0.4, 0.5) is 11.4 Å². The topological polar surface area (TPSA) is 58.6 Å². The molecular formula is C24H24N2O3S. The van der Waals surface area contributed by atoms with Gasteiger partial charge in [0.05, 0.1) is 24.8 Å². The molecule has 3 aromatic rings. The summed E-state index contributed by atoms with van der Waals surface area (Å²) in [7, 11) is 1.58. The summed E-state index contributed by atoms with van der Waals surface area (Å²) in [6.07, 6.45) is 0.838. The van der Waals surface area contributed by atoms with Crippen molar-refractivity contribution in [2.75, 3.05) is 17.3 Å². The number of aryl methyl sites for hydroxylation is 1. The summed E-state index contributed by atoms with van der Waals surface area (Å²) in [5.74, 6) is 0.175. The van der Waals surface area contributed by atoms with Crippen LogP contribution in [0.25, 0.3) is 0 Å². The minimum atomic E-state index is -0.368. The molecule has 1 aromatic heterocycles. The molecule has 2 aromatic carbocycles. The summed E-state index contributed by atoms with van der Waals surface area (Å²) in [5.41, 5.74) is 2.58. The molecule has 1 saturated heterocycles. The SMILES string of the molecule is COc1ccccc1NC(=O)C1CCC(=O)N(c2ccc(C)cc2)C1c1cccs1. The number of ether oxygens (including phenoxy) is 1. The Kier molecular flexibility index (Phi) is 5.86. The van der Waals surface area contributed by atoms with Crippen LogP contribution in [0.5, 0.6) is 5.75 Å². The summed E-state index contributed by atoms with van der Waals surface area (Å²) in [4.78, 5) is 29.2. The van der Waals surface area contributed by atoms with Crippen LogP contribution >= 0.6 is 11.3 Å². The molecule has 4 rings (SSSR count). The zero-order valence-electron chi connectivity index (χ0n) is 17.0. The second kappa shape index (κ2) is 8.71. The Morgan fingerprint density at radius 1 is 1.10 bits per heavy atom. The number of nitrogens with one attached hydrogen (secondary N) is 1. The Morgan fingerprint density at radius 2 is 1.87 bits per heavy atom. The van der Waals surface area contributed by atoms with Gasteiger partial charge in [0.2, 0.25) is 11.8 Å². The molecule has 0 spiro atoms. The van der Waals surface area contributed by atoms with Gasteiger partial charge in [0.15, 0.2) is 0 Å². The summed E-state index contributed by atoms with van der Waals surface area (Å²) >= 11 is 1.57. The third kappa shape index (κ3) is 3.96. The van der Waals surface area contributed by atoms with Crippen LogP contribution in [-0.4, -0.2) is 18.9 Å². The number of anilines is 2. The molecular weight excluding hydrogens is 396 g/mol. The van der Waals surface area contributed by atoms with Gasteiger partial charge in [0, 0.05) is 17.0 Å². The second-order valence-electron chi connectivity index (χ2n) is 7.39. The summed E-state index contributed by atoms with van der Waals surface area (Å²) < 4.78 is 5.37. The van der Waals surface area contributed by atoms with E-state index in [1.807, 2.05) is 73.0 Å². The zero-order valence-corrected chi connectivity index (χ0v) is 17.8. The van der Waals surface area contributed by atoms with Crippen LogP contribution in [0.15, 0.2) is 66.0 Å². The molecule has 6 heteroatoms. The Morgan fingerprint density at radius 3 is 2.57 bits per heavy atom. The van der Waals surface area contributed by atoms with Crippen LogP contribution < -0.4 is 15.0 Å². The zero-order chi connectivity index (χ0) is 21.1. The molecule has 0 radical (unpaired) electrons. The average Bonchev–Trinajstić information content (AvgIpc) is 3.29. The van der Waals surface area contributed by atoms with Crippen LogP contribution in [-0.2, 0) is 9.59 Å². The highest BCUT2D eigenvalue weighted by Crippen LogP contribution is 2.42. The lowest BCUT2D eigenvalue weighted by Crippen LogP contribution is -2.46. The van der Waals surface area contributed by atoms with Gasteiger partial charge in [0.1, 0.15) is 5.75 Å². The maximum atomic E-state index is 13.4. The van der Waals surface area contributed by atoms with E-state index in [0.29, 0.717) is 24.3 Å². The number of piperidine rings is 1. The Labute approximate surface area is 180 Å². The molecule has 0 aliphatic carbocycles. The standard InChI is InChI=1S/C24H24N2O3S/c1-16-9-11-17(12-10-16)26-22(27)14-13-18(23(26)21-8-5-15-30-21)24(28)25-19-6-3-4-7-20(19)29-2/h3-12,15,18,23H,13-14H2,1-2H3,(H,25,28). The number of carbonyl (C=O) groups is 2. The molecule has 1 N–H and O–H groups in total. The van der Waals surface area contributed by atoms with Crippen molar-refractivity contribution in [3.8, 4) is 5.75 Å². The fourth-order valence-corrected chi connectivity index (χ4v) is 4.82.